The van der Waals surface area contributed by atoms with Gasteiger partial charge in [-0.05, 0) is 99.2 Å². The van der Waals surface area contributed by atoms with E-state index in [4.69, 9.17) is 37.9 Å². The van der Waals surface area contributed by atoms with Gasteiger partial charge in [0, 0.05) is 24.1 Å². The average Bonchev–Trinajstić information content (AvgIpc) is 3.12. The summed E-state index contributed by atoms with van der Waals surface area (Å²) in [5.41, 5.74) is 1.09. The Morgan fingerprint density at radius 1 is 0.608 bits per heavy atom. The second-order valence-electron chi connectivity index (χ2n) is 10.6. The molecule has 1 aliphatic carbocycles. The largest absolute Gasteiger partial charge is 0.513 e. The number of hydrogen-bond acceptors (Lipinski definition) is 14. The maximum absolute atomic E-state index is 12.8. The van der Waals surface area contributed by atoms with Crippen LogP contribution in [0.2, 0.25) is 0 Å². The normalized spacial score (nSPS) is 11.8. The van der Waals surface area contributed by atoms with Crippen molar-refractivity contribution in [2.24, 2.45) is 0 Å². The van der Waals surface area contributed by atoms with E-state index in [9.17, 15) is 28.8 Å². The molecular formula is C37H38O14. The Hall–Kier alpha value is -6.18. The van der Waals surface area contributed by atoms with Gasteiger partial charge in [-0.1, -0.05) is 13.2 Å². The van der Waals surface area contributed by atoms with Gasteiger partial charge in [0.05, 0.1) is 32.0 Å². The lowest BCUT2D eigenvalue weighted by molar-refractivity contribution is -0.138. The molecule has 0 amide bonds. The first kappa shape index (κ1) is 39.3. The fraction of sp³-hybridized carbons (Fsp3) is 0.297. The van der Waals surface area contributed by atoms with E-state index in [2.05, 4.69) is 13.2 Å². The Labute approximate surface area is 294 Å². The molecule has 0 heterocycles. The van der Waals surface area contributed by atoms with E-state index in [-0.39, 0.29) is 62.1 Å². The zero-order valence-corrected chi connectivity index (χ0v) is 28.1. The zero-order valence-electron chi connectivity index (χ0n) is 28.1. The van der Waals surface area contributed by atoms with Crippen molar-refractivity contribution < 1.29 is 66.7 Å². The molecule has 2 aromatic rings. The van der Waals surface area contributed by atoms with Crippen molar-refractivity contribution >= 4 is 36.2 Å². The van der Waals surface area contributed by atoms with Gasteiger partial charge in [0.1, 0.15) is 23.0 Å². The van der Waals surface area contributed by atoms with Crippen molar-refractivity contribution in [1.29, 1.82) is 0 Å². The summed E-state index contributed by atoms with van der Waals surface area (Å²) in [4.78, 5) is 71.2. The molecule has 0 atom stereocenters. The van der Waals surface area contributed by atoms with Crippen molar-refractivity contribution in [3.05, 3.63) is 102 Å². The Morgan fingerprint density at radius 2 is 1.16 bits per heavy atom. The van der Waals surface area contributed by atoms with Crippen LogP contribution in [0.1, 0.15) is 54.4 Å². The second kappa shape index (κ2) is 21.0. The molecule has 0 fully saturated rings. The van der Waals surface area contributed by atoms with Gasteiger partial charge in [-0.2, -0.15) is 0 Å². The molecule has 0 bridgehead atoms. The predicted octanol–water partition coefficient (Wildman–Crippen LogP) is 6.41. The molecule has 2 aromatic carbocycles. The maximum Gasteiger partial charge on any atom is 0.513 e. The van der Waals surface area contributed by atoms with Crippen LogP contribution >= 0.6 is 0 Å². The molecular weight excluding hydrogens is 668 g/mol. The van der Waals surface area contributed by atoms with Gasteiger partial charge in [-0.25, -0.2) is 28.8 Å². The van der Waals surface area contributed by atoms with Gasteiger partial charge in [0.15, 0.2) is 0 Å². The summed E-state index contributed by atoms with van der Waals surface area (Å²) in [5, 5.41) is 0. The molecule has 0 saturated carbocycles. The molecule has 0 aliphatic heterocycles. The second-order valence-corrected chi connectivity index (χ2v) is 10.6. The highest BCUT2D eigenvalue weighted by atomic mass is 16.7. The Morgan fingerprint density at radius 3 is 1.69 bits per heavy atom. The van der Waals surface area contributed by atoms with E-state index in [1.165, 1.54) is 54.6 Å². The molecule has 51 heavy (non-hydrogen) atoms. The third-order valence-corrected chi connectivity index (χ3v) is 6.78. The van der Waals surface area contributed by atoms with Crippen LogP contribution < -0.4 is 14.2 Å². The molecule has 0 radical (unpaired) electrons. The predicted molar refractivity (Wildman–Crippen MR) is 179 cm³/mol. The fourth-order valence-corrected chi connectivity index (χ4v) is 4.11. The Balaban J connectivity index is 1.40. The third kappa shape index (κ3) is 14.5. The van der Waals surface area contributed by atoms with Crippen molar-refractivity contribution in [3.63, 3.8) is 0 Å². The highest BCUT2D eigenvalue weighted by Gasteiger charge is 2.20. The molecule has 3 rings (SSSR count). The number of ether oxygens (including phenoxy) is 8. The van der Waals surface area contributed by atoms with Gasteiger partial charge in [0.25, 0.3) is 0 Å². The van der Waals surface area contributed by atoms with Gasteiger partial charge < -0.3 is 37.9 Å². The van der Waals surface area contributed by atoms with E-state index in [1.807, 2.05) is 0 Å². The summed E-state index contributed by atoms with van der Waals surface area (Å²) in [6, 6.07) is 10.2. The molecule has 14 heteroatoms. The van der Waals surface area contributed by atoms with Crippen LogP contribution in [0.3, 0.4) is 0 Å². The van der Waals surface area contributed by atoms with Crippen LogP contribution in [0, 0.1) is 6.92 Å². The number of hydrogen-bond donors (Lipinski definition) is 0. The first-order valence-electron chi connectivity index (χ1n) is 15.9. The number of carbonyl (C=O) groups excluding carboxylic acids is 6. The standard InChI is InChI=1S/C37H38O14/c1-4-32(38)44-20-6-8-22-46-36(42)49-28-14-10-26(11-15-28)34(40)48-30-18-19-31(25(3)24-30)51-35(41)27-12-16-29(17-13-27)50-37(43)47-23-9-7-21-45-33(39)5-2/h4-5,10-12,14-16,18-19,24H,1-2,6-9,13,17,20-23H2,3H3. The summed E-state index contributed by atoms with van der Waals surface area (Å²) < 4.78 is 40.9. The molecule has 1 aliphatic rings. The summed E-state index contributed by atoms with van der Waals surface area (Å²) in [6.45, 7) is 8.81. The minimum Gasteiger partial charge on any atom is -0.463 e. The van der Waals surface area contributed by atoms with Crippen LogP contribution in [0.15, 0.2) is 91.3 Å². The topological polar surface area (TPSA) is 176 Å². The van der Waals surface area contributed by atoms with Crippen molar-refractivity contribution in [2.45, 2.75) is 45.4 Å². The molecule has 0 spiro atoms. The first-order valence-corrected chi connectivity index (χ1v) is 15.9. The minimum absolute atomic E-state index is 0.0695. The first-order chi connectivity index (χ1) is 24.6. The lowest BCUT2D eigenvalue weighted by Gasteiger charge is -2.15. The lowest BCUT2D eigenvalue weighted by atomic mass is 10.0. The highest BCUT2D eigenvalue weighted by molar-refractivity contribution is 5.92. The summed E-state index contributed by atoms with van der Waals surface area (Å²) >= 11 is 0. The van der Waals surface area contributed by atoms with E-state index in [0.29, 0.717) is 42.6 Å². The molecule has 0 unspecified atom stereocenters. The zero-order chi connectivity index (χ0) is 37.0. The maximum atomic E-state index is 12.8. The number of benzene rings is 2. The van der Waals surface area contributed by atoms with Crippen molar-refractivity contribution in [1.82, 2.24) is 0 Å². The van der Waals surface area contributed by atoms with Crippen LogP contribution in [0.25, 0.3) is 0 Å². The Kier molecular flexibility index (Phi) is 16.2. The number of allylic oxidation sites excluding steroid dienone is 3. The monoisotopic (exact) mass is 706 g/mol. The van der Waals surface area contributed by atoms with E-state index >= 15 is 0 Å². The van der Waals surface area contributed by atoms with Gasteiger partial charge in [0.2, 0.25) is 0 Å². The lowest BCUT2D eigenvalue weighted by Crippen LogP contribution is -2.15. The van der Waals surface area contributed by atoms with Gasteiger partial charge in [-0.15, -0.1) is 0 Å². The SMILES string of the molecule is C=CC(=O)OCCCCOC(=O)OC1=CC=C(C(=O)Oc2ccc(OC(=O)c3ccc(OC(=O)OCCCCOC(=O)C=C)cc3)cc2C)CC1. The summed E-state index contributed by atoms with van der Waals surface area (Å²) in [6.07, 6.45) is 5.81. The molecule has 0 N–H and O–H groups in total. The van der Waals surface area contributed by atoms with E-state index in [1.54, 1.807) is 6.92 Å². The molecule has 0 saturated heterocycles. The van der Waals surface area contributed by atoms with E-state index in [0.717, 1.165) is 12.2 Å². The molecule has 14 nitrogen and oxygen atoms in total. The molecule has 270 valence electrons. The van der Waals surface area contributed by atoms with Gasteiger partial charge in [-0.3, -0.25) is 0 Å². The van der Waals surface area contributed by atoms with Crippen LogP contribution in [0.5, 0.6) is 17.2 Å². The number of carbonyl (C=O) groups is 6. The Bertz CT molecular complexity index is 1650. The number of rotatable bonds is 18. The number of esters is 4. The van der Waals surface area contributed by atoms with Crippen molar-refractivity contribution in [2.75, 3.05) is 26.4 Å². The van der Waals surface area contributed by atoms with Crippen molar-refractivity contribution in [3.8, 4) is 17.2 Å². The average molecular weight is 707 g/mol. The number of aryl methyl sites for hydroxylation is 1. The highest BCUT2D eigenvalue weighted by Crippen LogP contribution is 2.27. The summed E-state index contributed by atoms with van der Waals surface area (Å²) in [7, 11) is 0. The van der Waals surface area contributed by atoms with Crippen LogP contribution in [-0.4, -0.2) is 62.6 Å². The molecule has 0 aromatic heterocycles. The number of unbranched alkanes of at least 4 members (excludes halogenated alkanes) is 2. The quantitative estimate of drug-likeness (QED) is 0.0415. The minimum atomic E-state index is -0.923. The smallest absolute Gasteiger partial charge is 0.463 e. The summed E-state index contributed by atoms with van der Waals surface area (Å²) in [5.74, 6) is -1.33. The van der Waals surface area contributed by atoms with Crippen LogP contribution in [-0.2, 0) is 38.1 Å². The van der Waals surface area contributed by atoms with E-state index < -0.39 is 36.2 Å². The third-order valence-electron chi connectivity index (χ3n) is 6.78. The fourth-order valence-electron chi connectivity index (χ4n) is 4.11. The van der Waals surface area contributed by atoms with Gasteiger partial charge >= 0.3 is 36.2 Å². The van der Waals surface area contributed by atoms with Crippen LogP contribution in [0.4, 0.5) is 9.59 Å².